The van der Waals surface area contributed by atoms with Gasteiger partial charge in [-0.1, -0.05) is 22.0 Å². The lowest BCUT2D eigenvalue weighted by Gasteiger charge is -2.02. The summed E-state index contributed by atoms with van der Waals surface area (Å²) in [6, 6.07) is 5.79. The average molecular weight is 244 g/mol. The molecule has 0 unspecified atom stereocenters. The Hall–Kier alpha value is -0.900. The first-order valence-electron chi connectivity index (χ1n) is 3.96. The zero-order valence-corrected chi connectivity index (χ0v) is 8.87. The Kier molecular flexibility index (Phi) is 3.42. The Balaban J connectivity index is 2.72. The minimum atomic E-state index is -0.290. The maximum atomic E-state index is 10.1. The molecule has 0 aliphatic rings. The fourth-order valence-corrected chi connectivity index (χ4v) is 1.63. The summed E-state index contributed by atoms with van der Waals surface area (Å²) in [7, 11) is 0. The van der Waals surface area contributed by atoms with Crippen molar-refractivity contribution >= 4 is 15.9 Å². The van der Waals surface area contributed by atoms with Gasteiger partial charge in [0.1, 0.15) is 0 Å². The van der Waals surface area contributed by atoms with Crippen molar-refractivity contribution in [3.05, 3.63) is 43.9 Å². The van der Waals surface area contributed by atoms with Crippen LogP contribution in [0.3, 0.4) is 0 Å². The van der Waals surface area contributed by atoms with Crippen LogP contribution in [0.4, 0.5) is 0 Å². The number of benzene rings is 1. The molecule has 1 aromatic carbocycles. The standard InChI is InChI=1S/C9H10BrNO2/c1-7-6-9(10)3-2-8(7)4-5-11(12)13/h2-3,6H,4-5H2,1H3. The number of rotatable bonds is 3. The largest absolute Gasteiger partial charge is 0.265 e. The van der Waals surface area contributed by atoms with Crippen LogP contribution in [0.5, 0.6) is 0 Å². The first-order chi connectivity index (χ1) is 6.09. The van der Waals surface area contributed by atoms with Gasteiger partial charge in [0.15, 0.2) is 0 Å². The first kappa shape index (κ1) is 10.2. The van der Waals surface area contributed by atoms with E-state index in [1.54, 1.807) is 0 Å². The molecule has 0 saturated carbocycles. The quantitative estimate of drug-likeness (QED) is 0.605. The lowest BCUT2D eigenvalue weighted by Crippen LogP contribution is -2.04. The molecule has 0 amide bonds. The zero-order chi connectivity index (χ0) is 9.84. The minimum absolute atomic E-state index is 0.00245. The monoisotopic (exact) mass is 243 g/mol. The third-order valence-electron chi connectivity index (χ3n) is 1.87. The Labute approximate surface area is 85.0 Å². The number of nitro groups is 1. The predicted octanol–water partition coefficient (Wildman–Crippen LogP) is 2.58. The van der Waals surface area contributed by atoms with Crippen LogP contribution in [0.25, 0.3) is 0 Å². The highest BCUT2D eigenvalue weighted by atomic mass is 79.9. The average Bonchev–Trinajstić information content (AvgIpc) is 2.02. The highest BCUT2D eigenvalue weighted by Gasteiger charge is 2.02. The number of hydrogen-bond donors (Lipinski definition) is 0. The lowest BCUT2D eigenvalue weighted by atomic mass is 10.1. The van der Waals surface area contributed by atoms with Crippen molar-refractivity contribution in [1.29, 1.82) is 0 Å². The fourth-order valence-electron chi connectivity index (χ4n) is 1.15. The Morgan fingerprint density at radius 2 is 2.23 bits per heavy atom. The van der Waals surface area contributed by atoms with Gasteiger partial charge >= 0.3 is 0 Å². The van der Waals surface area contributed by atoms with Crippen LogP contribution in [0.1, 0.15) is 11.1 Å². The summed E-state index contributed by atoms with van der Waals surface area (Å²) in [6.07, 6.45) is 0.506. The van der Waals surface area contributed by atoms with Crippen LogP contribution in [-0.2, 0) is 6.42 Å². The Morgan fingerprint density at radius 1 is 1.54 bits per heavy atom. The summed E-state index contributed by atoms with van der Waals surface area (Å²) in [6.45, 7) is 1.96. The van der Waals surface area contributed by atoms with Crippen molar-refractivity contribution in [3.63, 3.8) is 0 Å². The summed E-state index contributed by atoms with van der Waals surface area (Å²) in [5.41, 5.74) is 2.14. The predicted molar refractivity (Wildman–Crippen MR) is 54.4 cm³/mol. The lowest BCUT2D eigenvalue weighted by molar-refractivity contribution is -0.479. The molecule has 4 heteroatoms. The third-order valence-corrected chi connectivity index (χ3v) is 2.36. The van der Waals surface area contributed by atoms with Gasteiger partial charge in [0.25, 0.3) is 0 Å². The van der Waals surface area contributed by atoms with Gasteiger partial charge in [0.2, 0.25) is 6.54 Å². The molecule has 0 saturated heterocycles. The molecule has 3 nitrogen and oxygen atoms in total. The molecular formula is C9H10BrNO2. The van der Waals surface area contributed by atoms with Crippen molar-refractivity contribution in [3.8, 4) is 0 Å². The molecule has 0 heterocycles. The van der Waals surface area contributed by atoms with Crippen molar-refractivity contribution < 1.29 is 4.92 Å². The highest BCUT2D eigenvalue weighted by molar-refractivity contribution is 9.10. The summed E-state index contributed by atoms with van der Waals surface area (Å²) >= 11 is 3.34. The van der Waals surface area contributed by atoms with E-state index in [1.165, 1.54) is 0 Å². The normalized spacial score (nSPS) is 10.0. The third kappa shape index (κ3) is 3.14. The smallest absolute Gasteiger partial charge is 0.207 e. The number of nitrogens with zero attached hydrogens (tertiary/aromatic N) is 1. The Morgan fingerprint density at radius 3 is 2.77 bits per heavy atom. The molecule has 0 bridgehead atoms. The molecule has 0 spiro atoms. The molecule has 13 heavy (non-hydrogen) atoms. The van der Waals surface area contributed by atoms with E-state index >= 15 is 0 Å². The second kappa shape index (κ2) is 4.37. The molecule has 1 aromatic rings. The van der Waals surface area contributed by atoms with Crippen LogP contribution in [-0.4, -0.2) is 11.5 Å². The minimum Gasteiger partial charge on any atom is -0.265 e. The summed E-state index contributed by atoms with van der Waals surface area (Å²) in [5, 5.41) is 10.1. The number of hydrogen-bond acceptors (Lipinski definition) is 2. The van der Waals surface area contributed by atoms with Crippen molar-refractivity contribution in [2.75, 3.05) is 6.54 Å². The van der Waals surface area contributed by atoms with Crippen molar-refractivity contribution in [1.82, 2.24) is 0 Å². The summed E-state index contributed by atoms with van der Waals surface area (Å²) in [5.74, 6) is 0. The van der Waals surface area contributed by atoms with Gasteiger partial charge in [-0.3, -0.25) is 10.1 Å². The topological polar surface area (TPSA) is 43.1 Å². The molecule has 0 fully saturated rings. The number of halogens is 1. The van der Waals surface area contributed by atoms with Crippen LogP contribution in [0.2, 0.25) is 0 Å². The van der Waals surface area contributed by atoms with Crippen LogP contribution in [0, 0.1) is 17.0 Å². The van der Waals surface area contributed by atoms with E-state index in [0.29, 0.717) is 6.42 Å². The SMILES string of the molecule is Cc1cc(Br)ccc1CC[N+](=O)[O-]. The van der Waals surface area contributed by atoms with E-state index < -0.39 is 0 Å². The van der Waals surface area contributed by atoms with E-state index in [4.69, 9.17) is 0 Å². The van der Waals surface area contributed by atoms with Gasteiger partial charge in [-0.25, -0.2) is 0 Å². The van der Waals surface area contributed by atoms with Crippen LogP contribution in [0.15, 0.2) is 22.7 Å². The molecule has 1 rings (SSSR count). The maximum absolute atomic E-state index is 10.1. The second-order valence-corrected chi connectivity index (χ2v) is 3.79. The van der Waals surface area contributed by atoms with E-state index in [9.17, 15) is 10.1 Å². The van der Waals surface area contributed by atoms with Crippen molar-refractivity contribution in [2.45, 2.75) is 13.3 Å². The van der Waals surface area contributed by atoms with Gasteiger partial charge in [-0.2, -0.15) is 0 Å². The summed E-state index contributed by atoms with van der Waals surface area (Å²) in [4.78, 5) is 9.86. The maximum Gasteiger partial charge on any atom is 0.207 e. The van der Waals surface area contributed by atoms with E-state index in [0.717, 1.165) is 15.6 Å². The van der Waals surface area contributed by atoms with Gasteiger partial charge in [0, 0.05) is 15.8 Å². The molecule has 0 atom stereocenters. The van der Waals surface area contributed by atoms with E-state index in [-0.39, 0.29) is 11.5 Å². The van der Waals surface area contributed by atoms with E-state index in [2.05, 4.69) is 15.9 Å². The van der Waals surface area contributed by atoms with Crippen LogP contribution >= 0.6 is 15.9 Å². The van der Waals surface area contributed by atoms with Gasteiger partial charge in [0.05, 0.1) is 0 Å². The zero-order valence-electron chi connectivity index (χ0n) is 7.29. The summed E-state index contributed by atoms with van der Waals surface area (Å²) < 4.78 is 1.01. The molecule has 0 aliphatic heterocycles. The second-order valence-electron chi connectivity index (χ2n) is 2.88. The molecule has 70 valence electrons. The van der Waals surface area contributed by atoms with Gasteiger partial charge in [-0.15, -0.1) is 0 Å². The molecule has 0 radical (unpaired) electrons. The fraction of sp³-hybridized carbons (Fsp3) is 0.333. The molecular weight excluding hydrogens is 234 g/mol. The molecule has 0 aliphatic carbocycles. The highest BCUT2D eigenvalue weighted by Crippen LogP contribution is 2.16. The molecule has 0 aromatic heterocycles. The number of aryl methyl sites for hydroxylation is 1. The Bertz CT molecular complexity index is 325. The van der Waals surface area contributed by atoms with Gasteiger partial charge < -0.3 is 0 Å². The first-order valence-corrected chi connectivity index (χ1v) is 4.75. The van der Waals surface area contributed by atoms with E-state index in [1.807, 2.05) is 25.1 Å². The van der Waals surface area contributed by atoms with Crippen molar-refractivity contribution in [2.24, 2.45) is 0 Å². The van der Waals surface area contributed by atoms with Crippen LogP contribution < -0.4 is 0 Å². The van der Waals surface area contributed by atoms with Gasteiger partial charge in [-0.05, 0) is 30.2 Å². The molecule has 0 N–H and O–H groups in total.